The summed E-state index contributed by atoms with van der Waals surface area (Å²) in [6.45, 7) is 0. The van der Waals surface area contributed by atoms with E-state index in [0.29, 0.717) is 22.5 Å². The van der Waals surface area contributed by atoms with E-state index >= 15 is 0 Å². The third-order valence-corrected chi connectivity index (χ3v) is 1.77. The molecule has 0 bridgehead atoms. The molecule has 4 nitrogen and oxygen atoms in total. The zero-order valence-corrected chi connectivity index (χ0v) is 6.91. The molecule has 0 amide bonds. The fraction of sp³-hybridized carbons (Fsp3) is 0.111. The average Bonchev–Trinajstić information content (AvgIpc) is 2.14. The Kier molecular flexibility index (Phi) is 2.37. The summed E-state index contributed by atoms with van der Waals surface area (Å²) in [5.74, 6) is 0. The topological polar surface area (TPSA) is 99.6 Å². The molecular weight excluding hydrogens is 164 g/mol. The first-order chi connectivity index (χ1) is 6.20. The van der Waals surface area contributed by atoms with E-state index in [1.54, 1.807) is 12.1 Å². The first-order valence-corrected chi connectivity index (χ1v) is 3.64. The van der Waals surface area contributed by atoms with Crippen molar-refractivity contribution < 1.29 is 0 Å². The summed E-state index contributed by atoms with van der Waals surface area (Å²) in [6.07, 6.45) is 0.111. The molecule has 0 aromatic heterocycles. The van der Waals surface area contributed by atoms with Gasteiger partial charge in [0.2, 0.25) is 0 Å². The SMILES string of the molecule is N#CCc1c(C#N)ccc(N)c1N. The predicted molar refractivity (Wildman–Crippen MR) is 49.3 cm³/mol. The Labute approximate surface area is 76.0 Å². The Morgan fingerprint density at radius 2 is 1.92 bits per heavy atom. The number of hydrogen-bond acceptors (Lipinski definition) is 4. The van der Waals surface area contributed by atoms with Gasteiger partial charge in [-0.2, -0.15) is 10.5 Å². The fourth-order valence-electron chi connectivity index (χ4n) is 1.06. The lowest BCUT2D eigenvalue weighted by Gasteiger charge is -2.06. The van der Waals surface area contributed by atoms with Crippen LogP contribution < -0.4 is 11.5 Å². The summed E-state index contributed by atoms with van der Waals surface area (Å²) in [5.41, 5.74) is 12.8. The molecule has 0 radical (unpaired) electrons. The second-order valence-corrected chi connectivity index (χ2v) is 2.54. The molecule has 0 atom stereocenters. The van der Waals surface area contributed by atoms with Crippen LogP contribution in [-0.2, 0) is 6.42 Å². The standard InChI is InChI=1S/C9H8N4/c10-4-3-7-6(5-11)1-2-8(12)9(7)13/h1-2H,3,12-13H2. The highest BCUT2D eigenvalue weighted by Gasteiger charge is 2.07. The van der Waals surface area contributed by atoms with Crippen LogP contribution in [0.5, 0.6) is 0 Å². The molecule has 0 saturated heterocycles. The minimum atomic E-state index is 0.111. The Bertz CT molecular complexity index is 409. The third kappa shape index (κ3) is 1.52. The number of hydrogen-bond donors (Lipinski definition) is 2. The van der Waals surface area contributed by atoms with Crippen molar-refractivity contribution in [3.05, 3.63) is 23.3 Å². The van der Waals surface area contributed by atoms with Gasteiger partial charge in [0.05, 0.1) is 35.5 Å². The van der Waals surface area contributed by atoms with Crippen molar-refractivity contribution in [2.75, 3.05) is 11.5 Å². The maximum absolute atomic E-state index is 8.70. The zero-order valence-electron chi connectivity index (χ0n) is 6.91. The van der Waals surface area contributed by atoms with Crippen LogP contribution in [0.2, 0.25) is 0 Å². The van der Waals surface area contributed by atoms with Gasteiger partial charge in [-0.05, 0) is 12.1 Å². The van der Waals surface area contributed by atoms with Crippen LogP contribution in [0.1, 0.15) is 11.1 Å². The third-order valence-electron chi connectivity index (χ3n) is 1.77. The quantitative estimate of drug-likeness (QED) is 0.611. The number of benzene rings is 1. The van der Waals surface area contributed by atoms with Crippen molar-refractivity contribution in [1.29, 1.82) is 10.5 Å². The summed E-state index contributed by atoms with van der Waals surface area (Å²) in [6, 6.07) is 7.03. The van der Waals surface area contributed by atoms with Crippen molar-refractivity contribution in [1.82, 2.24) is 0 Å². The summed E-state index contributed by atoms with van der Waals surface area (Å²) in [7, 11) is 0. The van der Waals surface area contributed by atoms with E-state index in [4.69, 9.17) is 22.0 Å². The van der Waals surface area contributed by atoms with Gasteiger partial charge in [0, 0.05) is 5.56 Å². The van der Waals surface area contributed by atoms with E-state index in [0.717, 1.165) is 0 Å². The largest absolute Gasteiger partial charge is 0.397 e. The molecule has 1 aromatic carbocycles. The highest BCUT2D eigenvalue weighted by molar-refractivity contribution is 5.71. The molecule has 0 aliphatic carbocycles. The Balaban J connectivity index is 3.36. The molecule has 0 aliphatic rings. The van der Waals surface area contributed by atoms with Crippen molar-refractivity contribution in [2.45, 2.75) is 6.42 Å². The smallest absolute Gasteiger partial charge is 0.0995 e. The first-order valence-electron chi connectivity index (χ1n) is 3.64. The van der Waals surface area contributed by atoms with Crippen LogP contribution in [0.3, 0.4) is 0 Å². The first kappa shape index (κ1) is 8.89. The summed E-state index contributed by atoms with van der Waals surface area (Å²) < 4.78 is 0. The van der Waals surface area contributed by atoms with Gasteiger partial charge in [0.15, 0.2) is 0 Å². The van der Waals surface area contributed by atoms with Gasteiger partial charge in [-0.25, -0.2) is 0 Å². The van der Waals surface area contributed by atoms with Crippen molar-refractivity contribution in [3.63, 3.8) is 0 Å². The minimum absolute atomic E-state index is 0.111. The molecule has 0 spiro atoms. The van der Waals surface area contributed by atoms with Crippen molar-refractivity contribution in [2.24, 2.45) is 0 Å². The van der Waals surface area contributed by atoms with Gasteiger partial charge < -0.3 is 11.5 Å². The summed E-state index contributed by atoms with van der Waals surface area (Å²) >= 11 is 0. The van der Waals surface area contributed by atoms with E-state index in [1.807, 2.05) is 12.1 Å². The molecule has 0 unspecified atom stereocenters. The van der Waals surface area contributed by atoms with Gasteiger partial charge in [-0.3, -0.25) is 0 Å². The number of anilines is 2. The number of nitriles is 2. The molecule has 0 saturated carbocycles. The maximum Gasteiger partial charge on any atom is 0.0995 e. The Morgan fingerprint density at radius 1 is 1.23 bits per heavy atom. The molecule has 1 rings (SSSR count). The van der Waals surface area contributed by atoms with Crippen LogP contribution in [0, 0.1) is 22.7 Å². The van der Waals surface area contributed by atoms with Gasteiger partial charge >= 0.3 is 0 Å². The number of nitrogens with zero attached hydrogens (tertiary/aromatic N) is 2. The fourth-order valence-corrected chi connectivity index (χ4v) is 1.06. The van der Waals surface area contributed by atoms with Gasteiger partial charge in [-0.1, -0.05) is 0 Å². The second kappa shape index (κ2) is 3.46. The van der Waals surface area contributed by atoms with Crippen molar-refractivity contribution >= 4 is 11.4 Å². The molecular formula is C9H8N4. The summed E-state index contributed by atoms with van der Waals surface area (Å²) in [5, 5.41) is 17.2. The minimum Gasteiger partial charge on any atom is -0.397 e. The van der Waals surface area contributed by atoms with Crippen LogP contribution in [0.4, 0.5) is 11.4 Å². The van der Waals surface area contributed by atoms with Crippen LogP contribution >= 0.6 is 0 Å². The van der Waals surface area contributed by atoms with Crippen molar-refractivity contribution in [3.8, 4) is 12.1 Å². The van der Waals surface area contributed by atoms with E-state index in [-0.39, 0.29) is 6.42 Å². The molecule has 13 heavy (non-hydrogen) atoms. The van der Waals surface area contributed by atoms with Crippen LogP contribution in [-0.4, -0.2) is 0 Å². The van der Waals surface area contributed by atoms with Gasteiger partial charge in [0.1, 0.15) is 0 Å². The molecule has 0 aliphatic heterocycles. The van der Waals surface area contributed by atoms with E-state index in [1.165, 1.54) is 0 Å². The molecule has 0 heterocycles. The van der Waals surface area contributed by atoms with Crippen LogP contribution in [0.15, 0.2) is 12.1 Å². The molecule has 64 valence electrons. The lowest BCUT2D eigenvalue weighted by atomic mass is 10.0. The van der Waals surface area contributed by atoms with E-state index < -0.39 is 0 Å². The lowest BCUT2D eigenvalue weighted by Crippen LogP contribution is -2.01. The second-order valence-electron chi connectivity index (χ2n) is 2.54. The number of nitrogen functional groups attached to an aromatic ring is 2. The zero-order chi connectivity index (χ0) is 9.84. The van der Waals surface area contributed by atoms with Crippen LogP contribution in [0.25, 0.3) is 0 Å². The van der Waals surface area contributed by atoms with E-state index in [2.05, 4.69) is 0 Å². The average molecular weight is 172 g/mol. The highest BCUT2D eigenvalue weighted by atomic mass is 14.7. The maximum atomic E-state index is 8.70. The highest BCUT2D eigenvalue weighted by Crippen LogP contribution is 2.23. The van der Waals surface area contributed by atoms with Gasteiger partial charge in [-0.15, -0.1) is 0 Å². The number of nitrogens with two attached hydrogens (primary N) is 2. The molecule has 1 aromatic rings. The molecule has 4 heteroatoms. The summed E-state index contributed by atoms with van der Waals surface area (Å²) in [4.78, 5) is 0. The molecule has 0 fully saturated rings. The Hall–Kier alpha value is -2.20. The normalized spacial score (nSPS) is 8.77. The molecule has 4 N–H and O–H groups in total. The monoisotopic (exact) mass is 172 g/mol. The lowest BCUT2D eigenvalue weighted by molar-refractivity contribution is 1.25. The predicted octanol–water partition coefficient (Wildman–Crippen LogP) is 0.789. The van der Waals surface area contributed by atoms with Gasteiger partial charge in [0.25, 0.3) is 0 Å². The van der Waals surface area contributed by atoms with E-state index in [9.17, 15) is 0 Å². The Morgan fingerprint density at radius 3 is 2.46 bits per heavy atom. The number of rotatable bonds is 1.